The summed E-state index contributed by atoms with van der Waals surface area (Å²) in [6.07, 6.45) is 5.36. The van der Waals surface area contributed by atoms with Crippen molar-refractivity contribution in [3.63, 3.8) is 0 Å². The number of rotatable bonds is 6. The van der Waals surface area contributed by atoms with E-state index in [2.05, 4.69) is 10.1 Å². The van der Waals surface area contributed by atoms with Crippen LogP contribution in [0.3, 0.4) is 0 Å². The highest BCUT2D eigenvalue weighted by molar-refractivity contribution is 5.71. The molecule has 0 aliphatic heterocycles. The van der Waals surface area contributed by atoms with Crippen molar-refractivity contribution in [3.05, 3.63) is 36.8 Å². The van der Waals surface area contributed by atoms with E-state index < -0.39 is 11.7 Å². The summed E-state index contributed by atoms with van der Waals surface area (Å²) < 4.78 is 12.4. The van der Waals surface area contributed by atoms with Gasteiger partial charge in [0.25, 0.3) is 0 Å². The van der Waals surface area contributed by atoms with Gasteiger partial charge >= 0.3 is 0 Å². The van der Waals surface area contributed by atoms with Crippen LogP contribution in [0, 0.1) is 0 Å². The third-order valence-electron chi connectivity index (χ3n) is 2.97. The average Bonchev–Trinajstić information content (AvgIpc) is 3.08. The van der Waals surface area contributed by atoms with Crippen LogP contribution in [0.2, 0.25) is 0 Å². The molecule has 0 saturated carbocycles. The molecule has 0 amide bonds. The van der Waals surface area contributed by atoms with Crippen molar-refractivity contribution in [2.24, 2.45) is 0 Å². The zero-order valence-electron chi connectivity index (χ0n) is 11.9. The SMILES string of the molecule is CCOC(C)(C)C(O)/C(=C/c1ccco1)n1cncn1. The second kappa shape index (κ2) is 6.02. The van der Waals surface area contributed by atoms with Gasteiger partial charge in [-0.1, -0.05) is 0 Å². The van der Waals surface area contributed by atoms with Gasteiger partial charge in [-0.25, -0.2) is 9.67 Å². The van der Waals surface area contributed by atoms with E-state index in [1.54, 1.807) is 24.5 Å². The Labute approximate surface area is 117 Å². The molecule has 0 radical (unpaired) electrons. The minimum Gasteiger partial charge on any atom is -0.465 e. The van der Waals surface area contributed by atoms with Crippen LogP contribution in [-0.4, -0.2) is 38.2 Å². The number of hydrogen-bond acceptors (Lipinski definition) is 5. The van der Waals surface area contributed by atoms with Crippen LogP contribution in [0.15, 0.2) is 35.5 Å². The summed E-state index contributed by atoms with van der Waals surface area (Å²) in [5, 5.41) is 14.7. The molecule has 20 heavy (non-hydrogen) atoms. The summed E-state index contributed by atoms with van der Waals surface area (Å²) in [5.74, 6) is 0.627. The molecule has 0 aliphatic rings. The van der Waals surface area contributed by atoms with Crippen molar-refractivity contribution in [2.75, 3.05) is 6.61 Å². The zero-order valence-corrected chi connectivity index (χ0v) is 11.9. The van der Waals surface area contributed by atoms with Gasteiger partial charge < -0.3 is 14.3 Å². The van der Waals surface area contributed by atoms with Gasteiger partial charge in [-0.15, -0.1) is 0 Å². The molecule has 0 spiro atoms. The van der Waals surface area contributed by atoms with Crippen molar-refractivity contribution in [1.82, 2.24) is 14.8 Å². The lowest BCUT2D eigenvalue weighted by molar-refractivity contribution is -0.0753. The van der Waals surface area contributed by atoms with E-state index in [-0.39, 0.29) is 0 Å². The monoisotopic (exact) mass is 277 g/mol. The van der Waals surface area contributed by atoms with Crippen molar-refractivity contribution in [1.29, 1.82) is 0 Å². The second-order valence-corrected chi connectivity index (χ2v) is 4.86. The minimum atomic E-state index is -0.880. The van der Waals surface area contributed by atoms with E-state index in [9.17, 15) is 5.11 Å². The number of nitrogens with zero attached hydrogens (tertiary/aromatic N) is 3. The molecule has 6 nitrogen and oxygen atoms in total. The Morgan fingerprint density at radius 3 is 2.95 bits per heavy atom. The first-order valence-corrected chi connectivity index (χ1v) is 6.46. The fraction of sp³-hybridized carbons (Fsp3) is 0.429. The van der Waals surface area contributed by atoms with E-state index in [4.69, 9.17) is 9.15 Å². The quantitative estimate of drug-likeness (QED) is 0.874. The Hall–Kier alpha value is -1.92. The zero-order chi connectivity index (χ0) is 14.6. The van der Waals surface area contributed by atoms with E-state index in [1.807, 2.05) is 20.8 Å². The molecule has 0 saturated heterocycles. The van der Waals surface area contributed by atoms with Gasteiger partial charge in [0.15, 0.2) is 0 Å². The maximum Gasteiger partial charge on any atom is 0.138 e. The fourth-order valence-corrected chi connectivity index (χ4v) is 1.94. The molecule has 2 aromatic heterocycles. The molecule has 2 aromatic rings. The Bertz CT molecular complexity index is 544. The number of hydrogen-bond donors (Lipinski definition) is 1. The summed E-state index contributed by atoms with van der Waals surface area (Å²) in [4.78, 5) is 3.91. The molecular weight excluding hydrogens is 258 g/mol. The van der Waals surface area contributed by atoms with Gasteiger partial charge in [0.2, 0.25) is 0 Å². The molecule has 0 aromatic carbocycles. The third-order valence-corrected chi connectivity index (χ3v) is 2.97. The summed E-state index contributed by atoms with van der Waals surface area (Å²) in [7, 11) is 0. The predicted molar refractivity (Wildman–Crippen MR) is 74.6 cm³/mol. The summed E-state index contributed by atoms with van der Waals surface area (Å²) in [6, 6.07) is 3.59. The van der Waals surface area contributed by atoms with Crippen molar-refractivity contribution >= 4 is 11.8 Å². The molecule has 1 unspecified atom stereocenters. The van der Waals surface area contributed by atoms with Crippen LogP contribution in [0.5, 0.6) is 0 Å². The lowest BCUT2D eigenvalue weighted by Gasteiger charge is -2.31. The molecule has 0 aliphatic carbocycles. The molecule has 108 valence electrons. The normalized spacial score (nSPS) is 14.5. The largest absolute Gasteiger partial charge is 0.465 e. The first kappa shape index (κ1) is 14.5. The van der Waals surface area contributed by atoms with Crippen LogP contribution in [-0.2, 0) is 4.74 Å². The molecule has 2 rings (SSSR count). The molecule has 1 atom stereocenters. The maximum atomic E-state index is 10.6. The van der Waals surface area contributed by atoms with E-state index in [0.717, 1.165) is 0 Å². The van der Waals surface area contributed by atoms with Gasteiger partial charge in [-0.3, -0.25) is 0 Å². The number of aliphatic hydroxyl groups excluding tert-OH is 1. The van der Waals surface area contributed by atoms with Crippen LogP contribution in [0.25, 0.3) is 11.8 Å². The highest BCUT2D eigenvalue weighted by Crippen LogP contribution is 2.25. The van der Waals surface area contributed by atoms with Gasteiger partial charge in [-0.05, 0) is 32.9 Å². The van der Waals surface area contributed by atoms with Crippen LogP contribution >= 0.6 is 0 Å². The number of ether oxygens (including phenoxy) is 1. The fourth-order valence-electron chi connectivity index (χ4n) is 1.94. The Kier molecular flexibility index (Phi) is 4.36. The van der Waals surface area contributed by atoms with Gasteiger partial charge in [0.1, 0.15) is 24.5 Å². The van der Waals surface area contributed by atoms with Gasteiger partial charge in [0, 0.05) is 12.7 Å². The Morgan fingerprint density at radius 1 is 1.60 bits per heavy atom. The number of furan rings is 1. The summed E-state index contributed by atoms with van der Waals surface area (Å²) in [6.45, 7) is 6.05. The lowest BCUT2D eigenvalue weighted by atomic mass is 9.98. The highest BCUT2D eigenvalue weighted by Gasteiger charge is 2.32. The second-order valence-electron chi connectivity index (χ2n) is 4.86. The van der Waals surface area contributed by atoms with Crippen molar-refractivity contribution in [3.8, 4) is 0 Å². The lowest BCUT2D eigenvalue weighted by Crippen LogP contribution is -2.41. The highest BCUT2D eigenvalue weighted by atomic mass is 16.5. The minimum absolute atomic E-state index is 0.509. The predicted octanol–water partition coefficient (Wildman–Crippen LogP) is 2.05. The van der Waals surface area contributed by atoms with Crippen LogP contribution in [0.1, 0.15) is 26.5 Å². The van der Waals surface area contributed by atoms with Crippen molar-refractivity contribution in [2.45, 2.75) is 32.5 Å². The number of aliphatic hydroxyl groups is 1. The van der Waals surface area contributed by atoms with Crippen LogP contribution < -0.4 is 0 Å². The Morgan fingerprint density at radius 2 is 2.40 bits per heavy atom. The van der Waals surface area contributed by atoms with Crippen molar-refractivity contribution < 1.29 is 14.3 Å². The summed E-state index contributed by atoms with van der Waals surface area (Å²) >= 11 is 0. The average molecular weight is 277 g/mol. The molecule has 1 N–H and O–H groups in total. The topological polar surface area (TPSA) is 73.3 Å². The smallest absolute Gasteiger partial charge is 0.138 e. The summed E-state index contributed by atoms with van der Waals surface area (Å²) in [5.41, 5.74) is -0.213. The maximum absolute atomic E-state index is 10.6. The molecule has 0 fully saturated rings. The first-order valence-electron chi connectivity index (χ1n) is 6.46. The molecule has 0 bridgehead atoms. The van der Waals surface area contributed by atoms with E-state index >= 15 is 0 Å². The van der Waals surface area contributed by atoms with Gasteiger partial charge in [-0.2, -0.15) is 5.10 Å². The van der Waals surface area contributed by atoms with Gasteiger partial charge in [0.05, 0.1) is 17.6 Å². The van der Waals surface area contributed by atoms with Crippen LogP contribution in [0.4, 0.5) is 0 Å². The first-order chi connectivity index (χ1) is 9.54. The third kappa shape index (κ3) is 3.15. The molecule has 2 heterocycles. The van der Waals surface area contributed by atoms with E-state index in [1.165, 1.54) is 17.3 Å². The molecule has 6 heteroatoms. The standard InChI is InChI=1S/C14H19N3O3/c1-4-20-14(2,3)13(18)12(17-10-15-9-16-17)8-11-6-5-7-19-11/h5-10,13,18H,4H2,1-3H3/b12-8-. The number of aromatic nitrogens is 3. The molecular formula is C14H19N3O3. The Balaban J connectivity index is 2.37. The van der Waals surface area contributed by atoms with E-state index in [0.29, 0.717) is 18.1 Å².